The zero-order valence-electron chi connectivity index (χ0n) is 15.5. The van der Waals surface area contributed by atoms with Gasteiger partial charge in [-0.3, -0.25) is 20.4 Å². The Balaban J connectivity index is 1.44. The smallest absolute Gasteiger partial charge is 0.279 e. The van der Waals surface area contributed by atoms with Gasteiger partial charge in [0.15, 0.2) is 0 Å². The summed E-state index contributed by atoms with van der Waals surface area (Å²) in [6.45, 7) is 4.80. The summed E-state index contributed by atoms with van der Waals surface area (Å²) in [5.41, 5.74) is 6.29. The average Bonchev–Trinajstić information content (AvgIpc) is 3.09. The number of benzene rings is 1. The van der Waals surface area contributed by atoms with Gasteiger partial charge in [-0.25, -0.2) is 0 Å². The highest BCUT2D eigenvalue weighted by Gasteiger charge is 2.20. The molecular formula is C20H24N2O3S2. The van der Waals surface area contributed by atoms with E-state index in [2.05, 4.69) is 17.8 Å². The zero-order valence-corrected chi connectivity index (χ0v) is 17.2. The van der Waals surface area contributed by atoms with E-state index >= 15 is 0 Å². The lowest BCUT2D eigenvalue weighted by Crippen LogP contribution is -2.42. The van der Waals surface area contributed by atoms with E-state index in [9.17, 15) is 9.59 Å². The summed E-state index contributed by atoms with van der Waals surface area (Å²) in [6, 6.07) is 9.55. The van der Waals surface area contributed by atoms with Crippen LogP contribution < -0.4 is 15.6 Å². The Morgan fingerprint density at radius 3 is 2.78 bits per heavy atom. The maximum Gasteiger partial charge on any atom is 0.279 e. The lowest BCUT2D eigenvalue weighted by atomic mass is 9.90. The highest BCUT2D eigenvalue weighted by molar-refractivity contribution is 8.00. The number of thioether (sulfide) groups is 1. The molecule has 0 saturated carbocycles. The molecule has 2 aromatic rings. The molecule has 1 aromatic carbocycles. The molecular weight excluding hydrogens is 380 g/mol. The Kier molecular flexibility index (Phi) is 6.79. The zero-order chi connectivity index (χ0) is 19.2. The van der Waals surface area contributed by atoms with Crippen LogP contribution in [0.3, 0.4) is 0 Å². The number of aryl methyl sites for hydroxylation is 1. The average molecular weight is 405 g/mol. The Morgan fingerprint density at radius 1 is 1.26 bits per heavy atom. The first-order chi connectivity index (χ1) is 13.0. The first kappa shape index (κ1) is 19.8. The Bertz CT molecular complexity index is 802. The van der Waals surface area contributed by atoms with E-state index in [-0.39, 0.29) is 17.6 Å². The topological polar surface area (TPSA) is 67.4 Å². The van der Waals surface area contributed by atoms with Crippen molar-refractivity contribution in [2.24, 2.45) is 5.92 Å². The Hall–Kier alpha value is -1.99. The molecule has 0 saturated heterocycles. The minimum atomic E-state index is -0.249. The van der Waals surface area contributed by atoms with Gasteiger partial charge >= 0.3 is 0 Å². The number of hydrazine groups is 1. The maximum atomic E-state index is 12.3. The first-order valence-corrected chi connectivity index (χ1v) is 10.9. The summed E-state index contributed by atoms with van der Waals surface area (Å²) in [4.78, 5) is 27.2. The summed E-state index contributed by atoms with van der Waals surface area (Å²) in [6.07, 6.45) is 3.25. The predicted molar refractivity (Wildman–Crippen MR) is 109 cm³/mol. The van der Waals surface area contributed by atoms with Crippen molar-refractivity contribution in [3.05, 3.63) is 45.6 Å². The SMILES string of the molecule is CCOc1ccc(SCC(=O)NNC(=O)c2cc3c(s2)CCC(C)C3)cc1. The normalized spacial score (nSPS) is 15.7. The molecule has 0 spiro atoms. The Labute approximate surface area is 167 Å². The molecule has 1 aliphatic rings. The van der Waals surface area contributed by atoms with Gasteiger partial charge in [-0.15, -0.1) is 23.1 Å². The highest BCUT2D eigenvalue weighted by atomic mass is 32.2. The van der Waals surface area contributed by atoms with Gasteiger partial charge in [0.1, 0.15) is 5.75 Å². The van der Waals surface area contributed by atoms with Gasteiger partial charge in [-0.05, 0) is 68.0 Å². The molecule has 0 aliphatic heterocycles. The number of nitrogens with one attached hydrogen (secondary N) is 2. The van der Waals surface area contributed by atoms with Crippen molar-refractivity contribution in [2.45, 2.75) is 38.0 Å². The number of hydrogen-bond acceptors (Lipinski definition) is 5. The minimum absolute atomic E-state index is 0.229. The third-order valence-corrected chi connectivity index (χ3v) is 6.62. The largest absolute Gasteiger partial charge is 0.494 e. The van der Waals surface area contributed by atoms with Gasteiger partial charge in [0.25, 0.3) is 5.91 Å². The molecule has 1 aliphatic carbocycles. The summed E-state index contributed by atoms with van der Waals surface area (Å²) >= 11 is 2.94. The van der Waals surface area contributed by atoms with E-state index in [1.165, 1.54) is 40.0 Å². The highest BCUT2D eigenvalue weighted by Crippen LogP contribution is 2.32. The van der Waals surface area contributed by atoms with E-state index < -0.39 is 0 Å². The fraction of sp³-hybridized carbons (Fsp3) is 0.400. The molecule has 2 N–H and O–H groups in total. The third kappa shape index (κ3) is 5.49. The van der Waals surface area contributed by atoms with Crippen LogP contribution in [0, 0.1) is 5.92 Å². The monoisotopic (exact) mass is 404 g/mol. The molecule has 1 heterocycles. The molecule has 3 rings (SSSR count). The molecule has 0 radical (unpaired) electrons. The number of fused-ring (bicyclic) bond motifs is 1. The molecule has 144 valence electrons. The second-order valence-corrected chi connectivity index (χ2v) is 8.79. The van der Waals surface area contributed by atoms with Crippen LogP contribution in [-0.2, 0) is 17.6 Å². The van der Waals surface area contributed by atoms with Crippen molar-refractivity contribution in [2.75, 3.05) is 12.4 Å². The van der Waals surface area contributed by atoms with Crippen molar-refractivity contribution in [3.8, 4) is 5.75 Å². The van der Waals surface area contributed by atoms with Crippen LogP contribution in [0.5, 0.6) is 5.75 Å². The summed E-state index contributed by atoms with van der Waals surface area (Å²) in [7, 11) is 0. The second-order valence-electron chi connectivity index (χ2n) is 6.60. The molecule has 5 nitrogen and oxygen atoms in total. The molecule has 27 heavy (non-hydrogen) atoms. The summed E-state index contributed by atoms with van der Waals surface area (Å²) < 4.78 is 5.39. The van der Waals surface area contributed by atoms with Gasteiger partial charge in [-0.2, -0.15) is 0 Å². The van der Waals surface area contributed by atoms with Gasteiger partial charge < -0.3 is 4.74 Å². The number of ether oxygens (including phenoxy) is 1. The lowest BCUT2D eigenvalue weighted by molar-refractivity contribution is -0.119. The van der Waals surface area contributed by atoms with Crippen LogP contribution in [0.4, 0.5) is 0 Å². The van der Waals surface area contributed by atoms with Gasteiger partial charge in [0.05, 0.1) is 17.2 Å². The number of hydrogen-bond donors (Lipinski definition) is 2. The van der Waals surface area contributed by atoms with E-state index in [0.717, 1.165) is 23.5 Å². The number of rotatable bonds is 6. The van der Waals surface area contributed by atoms with Crippen molar-refractivity contribution in [3.63, 3.8) is 0 Å². The maximum absolute atomic E-state index is 12.3. The van der Waals surface area contributed by atoms with Gasteiger partial charge in [-0.1, -0.05) is 6.92 Å². The van der Waals surface area contributed by atoms with E-state index in [1.54, 1.807) is 0 Å². The van der Waals surface area contributed by atoms with E-state index in [1.807, 2.05) is 37.3 Å². The van der Waals surface area contributed by atoms with Crippen LogP contribution in [0.15, 0.2) is 35.2 Å². The fourth-order valence-corrected chi connectivity index (χ4v) is 4.79. The van der Waals surface area contributed by atoms with Gasteiger partial charge in [0.2, 0.25) is 5.91 Å². The first-order valence-electron chi connectivity index (χ1n) is 9.11. The van der Waals surface area contributed by atoms with Crippen LogP contribution >= 0.6 is 23.1 Å². The van der Waals surface area contributed by atoms with Crippen molar-refractivity contribution >= 4 is 34.9 Å². The number of thiophene rings is 1. The number of amides is 2. The third-order valence-electron chi connectivity index (χ3n) is 4.37. The second kappa shape index (κ2) is 9.28. The standard InChI is InChI=1S/C20H24N2O3S2/c1-3-25-15-5-7-16(8-6-15)26-12-19(23)21-22-20(24)18-11-14-10-13(2)4-9-17(14)27-18/h5-8,11,13H,3-4,9-10,12H2,1-2H3,(H,21,23)(H,22,24). The van der Waals surface area contributed by atoms with Crippen molar-refractivity contribution in [1.29, 1.82) is 0 Å². The minimum Gasteiger partial charge on any atom is -0.494 e. The molecule has 0 fully saturated rings. The van der Waals surface area contributed by atoms with Crippen LogP contribution in [-0.4, -0.2) is 24.2 Å². The molecule has 7 heteroatoms. The van der Waals surface area contributed by atoms with Crippen molar-refractivity contribution in [1.82, 2.24) is 10.9 Å². The fourth-order valence-electron chi connectivity index (χ4n) is 2.99. The molecule has 0 bridgehead atoms. The van der Waals surface area contributed by atoms with Crippen LogP contribution in [0.2, 0.25) is 0 Å². The summed E-state index contributed by atoms with van der Waals surface area (Å²) in [5.74, 6) is 1.22. The van der Waals surface area contributed by atoms with Crippen LogP contribution in [0.1, 0.15) is 40.4 Å². The Morgan fingerprint density at radius 2 is 2.04 bits per heavy atom. The summed E-state index contributed by atoms with van der Waals surface area (Å²) in [5, 5.41) is 0. The molecule has 1 aromatic heterocycles. The predicted octanol–water partition coefficient (Wildman–Crippen LogP) is 3.82. The molecule has 1 unspecified atom stereocenters. The van der Waals surface area contributed by atoms with Crippen molar-refractivity contribution < 1.29 is 14.3 Å². The van der Waals surface area contributed by atoms with E-state index in [4.69, 9.17) is 4.74 Å². The quantitative estimate of drug-likeness (QED) is 0.567. The number of carbonyl (C=O) groups excluding carboxylic acids is 2. The molecule has 1 atom stereocenters. The molecule has 2 amide bonds. The lowest BCUT2D eigenvalue weighted by Gasteiger charge is -2.16. The van der Waals surface area contributed by atoms with Gasteiger partial charge in [0, 0.05) is 9.77 Å². The number of carbonyl (C=O) groups is 2. The van der Waals surface area contributed by atoms with E-state index in [0.29, 0.717) is 17.4 Å². The van der Waals surface area contributed by atoms with Crippen LogP contribution in [0.25, 0.3) is 0 Å².